The lowest BCUT2D eigenvalue weighted by molar-refractivity contribution is -0.181. The van der Waals surface area contributed by atoms with Gasteiger partial charge >= 0.3 is 5.97 Å². The molecule has 0 aliphatic heterocycles. The smallest absolute Gasteiger partial charge is 0.330 e. The fourth-order valence-corrected chi connectivity index (χ4v) is 6.41. The third-order valence-corrected chi connectivity index (χ3v) is 7.57. The minimum atomic E-state index is -0.225. The molecule has 0 heterocycles. The molecule has 3 nitrogen and oxygen atoms in total. The van der Waals surface area contributed by atoms with Gasteiger partial charge in [0.05, 0.1) is 0 Å². The van der Waals surface area contributed by atoms with Crippen LogP contribution in [0.15, 0.2) is 73.3 Å². The minimum absolute atomic E-state index is 0.0972. The topological polar surface area (TPSA) is 46.5 Å². The van der Waals surface area contributed by atoms with Crippen LogP contribution in [0.4, 0.5) is 0 Å². The van der Waals surface area contributed by atoms with E-state index in [-0.39, 0.29) is 11.6 Å². The van der Waals surface area contributed by atoms with Crippen LogP contribution in [-0.2, 0) is 16.0 Å². The number of phenolic OH excluding ortho intramolecular Hbond substituents is 1. The average molecular weight is 471 g/mol. The van der Waals surface area contributed by atoms with Gasteiger partial charge in [-0.25, -0.2) is 4.79 Å². The summed E-state index contributed by atoms with van der Waals surface area (Å²) in [6.45, 7) is 5.68. The first kappa shape index (κ1) is 25.0. The number of carbonyl (C=O) groups is 1. The Balaban J connectivity index is 0.000000171. The molecule has 0 saturated heterocycles. The van der Waals surface area contributed by atoms with Gasteiger partial charge in [0.25, 0.3) is 0 Å². The molecule has 0 atom stereocenters. The SMILES string of the molecule is C=CC(=O)OC12CC3CC(CC(C3)C1)C2.CCCc1ccc(C=CC=Cc2ccc(O)cc2)cc1. The summed E-state index contributed by atoms with van der Waals surface area (Å²) in [5.41, 5.74) is 3.58. The second kappa shape index (κ2) is 11.6. The standard InChI is InChI=1S/C19H20O.C13H18O2/c1-2-5-16-8-10-17(11-9-16)6-3-4-7-18-12-14-19(20)15-13-18;1-2-12(14)15-13-6-9-3-10(7-13)5-11(4-9)8-13/h3-4,6-15,20H,2,5H2,1H3;2,9-11H,1,3-8H2. The highest BCUT2D eigenvalue weighted by Crippen LogP contribution is 2.57. The number of aryl methyl sites for hydroxylation is 1. The number of allylic oxidation sites excluding steroid dienone is 2. The number of rotatable bonds is 7. The van der Waals surface area contributed by atoms with E-state index >= 15 is 0 Å². The zero-order chi connectivity index (χ0) is 24.7. The molecule has 0 amide bonds. The number of carbonyl (C=O) groups excluding carboxylic acids is 1. The lowest BCUT2D eigenvalue weighted by atomic mass is 9.54. The van der Waals surface area contributed by atoms with Gasteiger partial charge in [0.15, 0.2) is 0 Å². The van der Waals surface area contributed by atoms with E-state index in [1.54, 1.807) is 12.1 Å². The van der Waals surface area contributed by atoms with Crippen molar-refractivity contribution in [2.45, 2.75) is 63.9 Å². The Kier molecular flexibility index (Phi) is 8.28. The first-order valence-electron chi connectivity index (χ1n) is 13.0. The van der Waals surface area contributed by atoms with Crippen LogP contribution in [0.5, 0.6) is 5.75 Å². The third kappa shape index (κ3) is 6.97. The summed E-state index contributed by atoms with van der Waals surface area (Å²) >= 11 is 0. The van der Waals surface area contributed by atoms with Gasteiger partial charge in [-0.15, -0.1) is 0 Å². The van der Waals surface area contributed by atoms with Gasteiger partial charge in [0.2, 0.25) is 0 Å². The van der Waals surface area contributed by atoms with Crippen molar-refractivity contribution >= 4 is 18.1 Å². The van der Waals surface area contributed by atoms with Crippen LogP contribution in [0.3, 0.4) is 0 Å². The van der Waals surface area contributed by atoms with Crippen molar-refractivity contribution in [3.05, 3.63) is 90.0 Å². The Labute approximate surface area is 210 Å². The van der Waals surface area contributed by atoms with E-state index in [0.717, 1.165) is 49.0 Å². The lowest BCUT2D eigenvalue weighted by Gasteiger charge is -2.55. The van der Waals surface area contributed by atoms with Gasteiger partial charge in [-0.3, -0.25) is 0 Å². The lowest BCUT2D eigenvalue weighted by Crippen LogP contribution is -2.52. The number of aromatic hydroxyl groups is 1. The molecule has 0 aromatic heterocycles. The maximum Gasteiger partial charge on any atom is 0.330 e. The molecule has 1 N–H and O–H groups in total. The normalized spacial score (nSPS) is 26.5. The molecule has 4 saturated carbocycles. The predicted octanol–water partition coefficient (Wildman–Crippen LogP) is 7.76. The zero-order valence-corrected chi connectivity index (χ0v) is 20.9. The van der Waals surface area contributed by atoms with E-state index in [9.17, 15) is 9.90 Å². The maximum atomic E-state index is 11.4. The molecule has 4 aliphatic rings. The molecule has 2 aromatic rings. The first-order chi connectivity index (χ1) is 17.0. The molecule has 3 heteroatoms. The summed E-state index contributed by atoms with van der Waals surface area (Å²) in [6.07, 6.45) is 19.2. The van der Waals surface area contributed by atoms with E-state index in [1.807, 2.05) is 30.4 Å². The number of ether oxygens (including phenoxy) is 1. The number of phenols is 1. The van der Waals surface area contributed by atoms with Crippen molar-refractivity contribution in [2.24, 2.45) is 17.8 Å². The van der Waals surface area contributed by atoms with E-state index in [1.165, 1.54) is 42.9 Å². The number of benzene rings is 2. The van der Waals surface area contributed by atoms with Crippen LogP contribution < -0.4 is 0 Å². The molecule has 4 fully saturated rings. The highest BCUT2D eigenvalue weighted by atomic mass is 16.6. The molecule has 6 rings (SSSR count). The number of hydrogen-bond donors (Lipinski definition) is 1. The van der Waals surface area contributed by atoms with Gasteiger partial charge in [0.1, 0.15) is 11.4 Å². The highest BCUT2D eigenvalue weighted by molar-refractivity contribution is 5.81. The van der Waals surface area contributed by atoms with Gasteiger partial charge in [0, 0.05) is 6.08 Å². The van der Waals surface area contributed by atoms with Crippen LogP contribution in [-0.4, -0.2) is 16.7 Å². The molecule has 0 radical (unpaired) electrons. The third-order valence-electron chi connectivity index (χ3n) is 7.57. The van der Waals surface area contributed by atoms with Gasteiger partial charge < -0.3 is 9.84 Å². The van der Waals surface area contributed by atoms with E-state index in [4.69, 9.17) is 4.74 Å². The average Bonchev–Trinajstić information content (AvgIpc) is 2.83. The van der Waals surface area contributed by atoms with E-state index in [0.29, 0.717) is 5.75 Å². The molecule has 0 spiro atoms. The summed E-state index contributed by atoms with van der Waals surface area (Å²) in [5, 5.41) is 9.20. The van der Waals surface area contributed by atoms with Crippen molar-refractivity contribution in [2.75, 3.05) is 0 Å². The monoisotopic (exact) mass is 470 g/mol. The van der Waals surface area contributed by atoms with Crippen molar-refractivity contribution in [3.63, 3.8) is 0 Å². The van der Waals surface area contributed by atoms with E-state index in [2.05, 4.69) is 43.8 Å². The van der Waals surface area contributed by atoms with Gasteiger partial charge in [-0.1, -0.05) is 80.6 Å². The Morgan fingerprint density at radius 1 is 0.914 bits per heavy atom. The fourth-order valence-electron chi connectivity index (χ4n) is 6.41. The second-order valence-electron chi connectivity index (χ2n) is 10.5. The van der Waals surface area contributed by atoms with Crippen LogP contribution in [0.25, 0.3) is 12.2 Å². The second-order valence-corrected chi connectivity index (χ2v) is 10.5. The van der Waals surface area contributed by atoms with Crippen LogP contribution in [0.2, 0.25) is 0 Å². The van der Waals surface area contributed by atoms with Crippen LogP contribution in [0.1, 0.15) is 68.6 Å². The summed E-state index contributed by atoms with van der Waals surface area (Å²) in [7, 11) is 0. The van der Waals surface area contributed by atoms with Crippen molar-refractivity contribution < 1.29 is 14.6 Å². The molecule has 4 aliphatic carbocycles. The first-order valence-corrected chi connectivity index (χ1v) is 13.0. The quantitative estimate of drug-likeness (QED) is 0.255. The van der Waals surface area contributed by atoms with Crippen LogP contribution in [0, 0.1) is 17.8 Å². The summed E-state index contributed by atoms with van der Waals surface area (Å²) in [4.78, 5) is 11.4. The molecule has 2 aromatic carbocycles. The fraction of sp³-hybridized carbons (Fsp3) is 0.406. The van der Waals surface area contributed by atoms with Crippen molar-refractivity contribution in [1.82, 2.24) is 0 Å². The molecule has 0 unspecified atom stereocenters. The molecule has 184 valence electrons. The highest BCUT2D eigenvalue weighted by Gasteiger charge is 2.52. The Morgan fingerprint density at radius 3 is 1.86 bits per heavy atom. The maximum absolute atomic E-state index is 11.4. The minimum Gasteiger partial charge on any atom is -0.508 e. The van der Waals surface area contributed by atoms with Crippen molar-refractivity contribution in [3.8, 4) is 5.75 Å². The number of hydrogen-bond acceptors (Lipinski definition) is 3. The molecule has 35 heavy (non-hydrogen) atoms. The predicted molar refractivity (Wildman–Crippen MR) is 144 cm³/mol. The molecule has 4 bridgehead atoms. The van der Waals surface area contributed by atoms with Crippen molar-refractivity contribution in [1.29, 1.82) is 0 Å². The Hall–Kier alpha value is -3.07. The summed E-state index contributed by atoms with van der Waals surface area (Å²) in [5.74, 6) is 2.55. The van der Waals surface area contributed by atoms with Gasteiger partial charge in [-0.2, -0.15) is 0 Å². The Bertz CT molecular complexity index is 1010. The molecular formula is C32H38O3. The molecular weight excluding hydrogens is 432 g/mol. The van der Waals surface area contributed by atoms with Gasteiger partial charge in [-0.05, 0) is 91.5 Å². The summed E-state index contributed by atoms with van der Waals surface area (Å²) in [6, 6.07) is 15.8. The van der Waals surface area contributed by atoms with E-state index < -0.39 is 0 Å². The van der Waals surface area contributed by atoms with Crippen LogP contribution >= 0.6 is 0 Å². The zero-order valence-electron chi connectivity index (χ0n) is 20.9. The Morgan fingerprint density at radius 2 is 1.40 bits per heavy atom. The number of esters is 1. The largest absolute Gasteiger partial charge is 0.508 e. The summed E-state index contributed by atoms with van der Waals surface area (Å²) < 4.78 is 5.64.